The Balaban J connectivity index is 1.77. The summed E-state index contributed by atoms with van der Waals surface area (Å²) in [7, 11) is 1.60. The van der Waals surface area contributed by atoms with E-state index in [1.807, 2.05) is 36.4 Å². The molecular weight excluding hydrogens is 324 g/mol. The number of carbonyl (C=O) groups excluding carboxylic acids is 1. The average molecular weight is 340 g/mol. The molecule has 0 unspecified atom stereocenters. The number of pyridine rings is 1. The standard InChI is InChI=1S/C17H16N4O2S/c1-23-13-4-2-3-12(9-13)15-14(18)16(24-21-15)17(22)20-10-11-5-7-19-8-6-11/h2-9H,10,18H2,1H3,(H,20,22). The smallest absolute Gasteiger partial charge is 0.265 e. The van der Waals surface area contributed by atoms with E-state index in [9.17, 15) is 4.79 Å². The lowest BCUT2D eigenvalue weighted by molar-refractivity contribution is 0.0956. The number of rotatable bonds is 5. The van der Waals surface area contributed by atoms with Crippen molar-refractivity contribution in [1.29, 1.82) is 0 Å². The first-order valence-corrected chi connectivity index (χ1v) is 8.03. The van der Waals surface area contributed by atoms with E-state index in [2.05, 4.69) is 14.7 Å². The lowest BCUT2D eigenvalue weighted by Gasteiger charge is -2.05. The van der Waals surface area contributed by atoms with Crippen molar-refractivity contribution < 1.29 is 9.53 Å². The minimum atomic E-state index is -0.240. The van der Waals surface area contributed by atoms with Gasteiger partial charge in [0.05, 0.1) is 12.8 Å². The number of carbonyl (C=O) groups is 1. The first-order chi connectivity index (χ1) is 11.7. The number of amides is 1. The number of benzene rings is 1. The van der Waals surface area contributed by atoms with Gasteiger partial charge >= 0.3 is 0 Å². The zero-order valence-electron chi connectivity index (χ0n) is 13.0. The van der Waals surface area contributed by atoms with Crippen LogP contribution in [0.1, 0.15) is 15.2 Å². The highest BCUT2D eigenvalue weighted by atomic mass is 32.1. The Morgan fingerprint density at radius 3 is 2.83 bits per heavy atom. The molecule has 24 heavy (non-hydrogen) atoms. The largest absolute Gasteiger partial charge is 0.497 e. The highest BCUT2D eigenvalue weighted by molar-refractivity contribution is 7.09. The van der Waals surface area contributed by atoms with Crippen molar-refractivity contribution in [3.63, 3.8) is 0 Å². The van der Waals surface area contributed by atoms with E-state index in [1.54, 1.807) is 19.5 Å². The fourth-order valence-electron chi connectivity index (χ4n) is 2.20. The van der Waals surface area contributed by atoms with Gasteiger partial charge in [-0.25, -0.2) is 0 Å². The lowest BCUT2D eigenvalue weighted by atomic mass is 10.1. The molecule has 0 fully saturated rings. The van der Waals surface area contributed by atoms with Gasteiger partial charge in [-0.05, 0) is 41.4 Å². The van der Waals surface area contributed by atoms with Crippen LogP contribution in [0, 0.1) is 0 Å². The number of nitrogens with zero attached hydrogens (tertiary/aromatic N) is 2. The Hall–Kier alpha value is -2.93. The molecule has 122 valence electrons. The van der Waals surface area contributed by atoms with Gasteiger partial charge in [0.1, 0.15) is 16.3 Å². The van der Waals surface area contributed by atoms with Crippen LogP contribution >= 0.6 is 11.5 Å². The summed E-state index contributed by atoms with van der Waals surface area (Å²) in [5.41, 5.74) is 8.88. The summed E-state index contributed by atoms with van der Waals surface area (Å²) in [5.74, 6) is 0.472. The number of nitrogens with two attached hydrogens (primary N) is 1. The molecule has 2 aromatic heterocycles. The maximum atomic E-state index is 12.3. The normalized spacial score (nSPS) is 10.4. The fourth-order valence-corrected chi connectivity index (χ4v) is 2.94. The second-order valence-electron chi connectivity index (χ2n) is 5.04. The van der Waals surface area contributed by atoms with Crippen LogP contribution in [0.25, 0.3) is 11.3 Å². The van der Waals surface area contributed by atoms with E-state index in [-0.39, 0.29) is 5.91 Å². The Labute approximate surface area is 143 Å². The molecule has 7 heteroatoms. The van der Waals surface area contributed by atoms with Crippen molar-refractivity contribution in [3.05, 3.63) is 59.2 Å². The number of nitrogens with one attached hydrogen (secondary N) is 1. The predicted molar refractivity (Wildman–Crippen MR) is 93.9 cm³/mol. The van der Waals surface area contributed by atoms with E-state index >= 15 is 0 Å². The highest BCUT2D eigenvalue weighted by Crippen LogP contribution is 2.32. The van der Waals surface area contributed by atoms with Gasteiger partial charge < -0.3 is 15.8 Å². The molecule has 0 aliphatic rings. The molecule has 0 saturated heterocycles. The number of anilines is 1. The quantitative estimate of drug-likeness (QED) is 0.745. The summed E-state index contributed by atoms with van der Waals surface area (Å²) in [5, 5.41) is 2.84. The summed E-state index contributed by atoms with van der Waals surface area (Å²) >= 11 is 1.09. The number of methoxy groups -OCH3 is 1. The molecule has 0 spiro atoms. The fraction of sp³-hybridized carbons (Fsp3) is 0.118. The molecule has 1 amide bonds. The zero-order chi connectivity index (χ0) is 16.9. The van der Waals surface area contributed by atoms with Crippen LogP contribution in [-0.4, -0.2) is 22.4 Å². The Bertz CT molecular complexity index is 849. The minimum Gasteiger partial charge on any atom is -0.497 e. The van der Waals surface area contributed by atoms with Crippen molar-refractivity contribution in [3.8, 4) is 17.0 Å². The number of aromatic nitrogens is 2. The summed E-state index contributed by atoms with van der Waals surface area (Å²) in [6.45, 7) is 0.410. The van der Waals surface area contributed by atoms with E-state index in [4.69, 9.17) is 10.5 Å². The van der Waals surface area contributed by atoms with Gasteiger partial charge in [-0.2, -0.15) is 4.37 Å². The van der Waals surface area contributed by atoms with Gasteiger partial charge in [-0.3, -0.25) is 9.78 Å². The summed E-state index contributed by atoms with van der Waals surface area (Å²) < 4.78 is 9.54. The molecule has 0 saturated carbocycles. The Kier molecular flexibility index (Phi) is 4.72. The maximum Gasteiger partial charge on any atom is 0.265 e. The van der Waals surface area contributed by atoms with E-state index in [0.717, 1.165) is 22.7 Å². The Morgan fingerprint density at radius 2 is 2.08 bits per heavy atom. The monoisotopic (exact) mass is 340 g/mol. The van der Waals surface area contributed by atoms with Crippen LogP contribution in [0.15, 0.2) is 48.8 Å². The van der Waals surface area contributed by atoms with Gasteiger partial charge in [-0.15, -0.1) is 0 Å². The highest BCUT2D eigenvalue weighted by Gasteiger charge is 2.18. The van der Waals surface area contributed by atoms with Gasteiger partial charge in [0.2, 0.25) is 0 Å². The number of nitrogen functional groups attached to an aromatic ring is 1. The second kappa shape index (κ2) is 7.10. The number of hydrogen-bond acceptors (Lipinski definition) is 6. The third-order valence-electron chi connectivity index (χ3n) is 3.48. The first kappa shape index (κ1) is 15.9. The zero-order valence-corrected chi connectivity index (χ0v) is 13.8. The SMILES string of the molecule is COc1cccc(-c2nsc(C(=O)NCc3ccncc3)c2N)c1. The second-order valence-corrected chi connectivity index (χ2v) is 5.82. The number of ether oxygens (including phenoxy) is 1. The van der Waals surface area contributed by atoms with Crippen LogP contribution in [0.2, 0.25) is 0 Å². The van der Waals surface area contributed by atoms with Crippen LogP contribution in [0.5, 0.6) is 5.75 Å². The average Bonchev–Trinajstić information content (AvgIpc) is 3.02. The van der Waals surface area contributed by atoms with Crippen molar-refractivity contribution in [2.24, 2.45) is 0 Å². The number of hydrogen-bond donors (Lipinski definition) is 2. The molecular formula is C17H16N4O2S. The summed E-state index contributed by atoms with van der Waals surface area (Å²) in [4.78, 5) is 16.7. The molecule has 1 aromatic carbocycles. The third-order valence-corrected chi connectivity index (χ3v) is 4.34. The molecule has 0 aliphatic heterocycles. The topological polar surface area (TPSA) is 90.1 Å². The van der Waals surface area contributed by atoms with Gasteiger partial charge in [0, 0.05) is 24.5 Å². The van der Waals surface area contributed by atoms with Crippen molar-refractivity contribution in [2.45, 2.75) is 6.54 Å². The molecule has 3 rings (SSSR count). The molecule has 3 N–H and O–H groups in total. The van der Waals surface area contributed by atoms with E-state index in [1.165, 1.54) is 0 Å². The summed E-state index contributed by atoms with van der Waals surface area (Å²) in [6.07, 6.45) is 3.37. The molecule has 3 aromatic rings. The minimum absolute atomic E-state index is 0.240. The van der Waals surface area contributed by atoms with Gasteiger partial charge in [0.15, 0.2) is 0 Å². The van der Waals surface area contributed by atoms with E-state index < -0.39 is 0 Å². The maximum absolute atomic E-state index is 12.3. The molecule has 6 nitrogen and oxygen atoms in total. The molecule has 0 radical (unpaired) electrons. The van der Waals surface area contributed by atoms with Crippen molar-refractivity contribution in [2.75, 3.05) is 12.8 Å². The van der Waals surface area contributed by atoms with Crippen molar-refractivity contribution in [1.82, 2.24) is 14.7 Å². The van der Waals surface area contributed by atoms with Gasteiger partial charge in [0.25, 0.3) is 5.91 Å². The van der Waals surface area contributed by atoms with Crippen LogP contribution in [0.3, 0.4) is 0 Å². The molecule has 0 atom stereocenters. The van der Waals surface area contributed by atoms with E-state index in [0.29, 0.717) is 28.6 Å². The lowest BCUT2D eigenvalue weighted by Crippen LogP contribution is -2.22. The van der Waals surface area contributed by atoms with Crippen LogP contribution < -0.4 is 15.8 Å². The summed E-state index contributed by atoms with van der Waals surface area (Å²) in [6, 6.07) is 11.1. The van der Waals surface area contributed by atoms with Crippen molar-refractivity contribution >= 4 is 23.1 Å². The third kappa shape index (κ3) is 3.36. The first-order valence-electron chi connectivity index (χ1n) is 7.25. The molecule has 0 bridgehead atoms. The molecule has 2 heterocycles. The van der Waals surface area contributed by atoms with Crippen LogP contribution in [0.4, 0.5) is 5.69 Å². The van der Waals surface area contributed by atoms with Gasteiger partial charge in [-0.1, -0.05) is 12.1 Å². The Morgan fingerprint density at radius 1 is 1.29 bits per heavy atom. The molecule has 0 aliphatic carbocycles. The van der Waals surface area contributed by atoms with Crippen LogP contribution in [-0.2, 0) is 6.54 Å². The predicted octanol–water partition coefficient (Wildman–Crippen LogP) is 2.73.